The van der Waals surface area contributed by atoms with Crippen LogP contribution in [0.25, 0.3) is 10.8 Å². The van der Waals surface area contributed by atoms with Crippen molar-refractivity contribution in [3.05, 3.63) is 77.6 Å². The number of ether oxygens (including phenoxy) is 2. The molecule has 3 aromatic carbocycles. The lowest BCUT2D eigenvalue weighted by Crippen LogP contribution is -2.17. The number of rotatable bonds is 4. The summed E-state index contributed by atoms with van der Waals surface area (Å²) < 4.78 is 23.5. The zero-order valence-electron chi connectivity index (χ0n) is 14.4. The molecule has 0 bridgehead atoms. The molecule has 3 nitrogen and oxygen atoms in total. The Bertz CT molecular complexity index is 967. The van der Waals surface area contributed by atoms with Crippen LogP contribution in [0.3, 0.4) is 0 Å². The monoisotopic (exact) mass is 368 g/mol. The van der Waals surface area contributed by atoms with Gasteiger partial charge in [-0.1, -0.05) is 24.3 Å². The van der Waals surface area contributed by atoms with E-state index in [1.807, 2.05) is 36.4 Å². The fraction of sp³-hybridized carbons (Fsp3) is 0.143. The normalized spacial score (nSPS) is 11.8. The van der Waals surface area contributed by atoms with E-state index in [-0.39, 0.29) is 10.9 Å². The molecule has 3 aromatic rings. The molecule has 0 unspecified atom stereocenters. The fourth-order valence-electron chi connectivity index (χ4n) is 2.60. The van der Waals surface area contributed by atoms with Gasteiger partial charge in [-0.05, 0) is 71.9 Å². The number of carbonyl (C=O) groups excluding carboxylic acids is 1. The topological polar surface area (TPSA) is 35.5 Å². The van der Waals surface area contributed by atoms with Crippen molar-refractivity contribution in [1.82, 2.24) is 0 Å². The third-order valence-electron chi connectivity index (χ3n) is 4.20. The van der Waals surface area contributed by atoms with Gasteiger partial charge in [0.1, 0.15) is 11.6 Å². The largest absolute Gasteiger partial charge is 0.497 e. The molecule has 0 amide bonds. The van der Waals surface area contributed by atoms with E-state index < -0.39 is 11.9 Å². The lowest BCUT2D eigenvalue weighted by molar-refractivity contribution is -0.136. The summed E-state index contributed by atoms with van der Waals surface area (Å²) in [4.78, 5) is 12.4. The molecule has 26 heavy (non-hydrogen) atoms. The molecule has 5 heteroatoms. The van der Waals surface area contributed by atoms with Crippen molar-refractivity contribution in [2.24, 2.45) is 0 Å². The van der Waals surface area contributed by atoms with Crippen LogP contribution in [0.4, 0.5) is 4.39 Å². The highest BCUT2D eigenvalue weighted by Gasteiger charge is 2.19. The van der Waals surface area contributed by atoms with Crippen molar-refractivity contribution >= 4 is 34.0 Å². The number of halogens is 1. The van der Waals surface area contributed by atoms with E-state index in [0.717, 1.165) is 22.1 Å². The second kappa shape index (κ2) is 7.62. The Morgan fingerprint density at radius 3 is 2.35 bits per heavy atom. The van der Waals surface area contributed by atoms with Crippen LogP contribution in [0.15, 0.2) is 60.7 Å². The van der Waals surface area contributed by atoms with Gasteiger partial charge < -0.3 is 9.47 Å². The van der Waals surface area contributed by atoms with E-state index in [0.29, 0.717) is 5.56 Å². The van der Waals surface area contributed by atoms with E-state index in [1.165, 1.54) is 24.3 Å². The Labute approximate surface area is 156 Å². The Hall–Kier alpha value is -2.79. The lowest BCUT2D eigenvalue weighted by atomic mass is 9.98. The van der Waals surface area contributed by atoms with Crippen LogP contribution in [-0.2, 0) is 9.53 Å². The summed E-state index contributed by atoms with van der Waals surface area (Å²) in [6.45, 7) is 1.76. The Kier molecular flexibility index (Phi) is 5.28. The van der Waals surface area contributed by atoms with Gasteiger partial charge in [-0.25, -0.2) is 4.39 Å². The van der Waals surface area contributed by atoms with Gasteiger partial charge in [0.2, 0.25) is 5.05 Å². The van der Waals surface area contributed by atoms with Crippen LogP contribution in [0.2, 0.25) is 0 Å². The van der Waals surface area contributed by atoms with Gasteiger partial charge in [0.25, 0.3) is 0 Å². The van der Waals surface area contributed by atoms with Crippen LogP contribution in [0.1, 0.15) is 24.0 Å². The molecule has 0 N–H and O–H groups in total. The first-order valence-electron chi connectivity index (χ1n) is 8.07. The number of methoxy groups -OCH3 is 1. The first kappa shape index (κ1) is 18.0. The molecule has 0 saturated carbocycles. The second-order valence-corrected chi connectivity index (χ2v) is 6.28. The average Bonchev–Trinajstić information content (AvgIpc) is 2.66. The number of fused-ring (bicyclic) bond motifs is 1. The third kappa shape index (κ3) is 3.89. The molecule has 0 aliphatic rings. The summed E-state index contributed by atoms with van der Waals surface area (Å²) in [6, 6.07) is 17.0. The Morgan fingerprint density at radius 2 is 1.65 bits per heavy atom. The number of benzene rings is 3. The van der Waals surface area contributed by atoms with Crippen LogP contribution in [0.5, 0.6) is 5.75 Å². The van der Waals surface area contributed by atoms with Crippen molar-refractivity contribution in [3.63, 3.8) is 0 Å². The maximum Gasteiger partial charge on any atom is 0.319 e. The number of thiocarbonyl (C=S) groups is 1. The highest BCUT2D eigenvalue weighted by atomic mass is 32.1. The molecule has 0 heterocycles. The van der Waals surface area contributed by atoms with E-state index in [4.69, 9.17) is 21.7 Å². The summed E-state index contributed by atoms with van der Waals surface area (Å²) in [5, 5.41) is 2.06. The first-order chi connectivity index (χ1) is 12.5. The third-order valence-corrected chi connectivity index (χ3v) is 4.52. The maximum atomic E-state index is 13.0. The predicted octanol–water partition coefficient (Wildman–Crippen LogP) is 5.01. The van der Waals surface area contributed by atoms with Crippen molar-refractivity contribution in [2.75, 3.05) is 7.11 Å². The molecule has 0 saturated heterocycles. The molecule has 0 fully saturated rings. The van der Waals surface area contributed by atoms with Gasteiger partial charge >= 0.3 is 5.97 Å². The van der Waals surface area contributed by atoms with Gasteiger partial charge in [0.15, 0.2) is 0 Å². The predicted molar refractivity (Wildman–Crippen MR) is 103 cm³/mol. The number of esters is 1. The average molecular weight is 368 g/mol. The minimum Gasteiger partial charge on any atom is -0.497 e. The summed E-state index contributed by atoms with van der Waals surface area (Å²) in [7, 11) is 1.62. The quantitative estimate of drug-likeness (QED) is 0.479. The number of hydrogen-bond donors (Lipinski definition) is 0. The van der Waals surface area contributed by atoms with E-state index in [2.05, 4.69) is 0 Å². The van der Waals surface area contributed by atoms with E-state index in [9.17, 15) is 9.18 Å². The fourth-order valence-corrected chi connectivity index (χ4v) is 2.82. The molecule has 3 rings (SSSR count). The van der Waals surface area contributed by atoms with Crippen molar-refractivity contribution < 1.29 is 18.7 Å². The van der Waals surface area contributed by atoms with Crippen LogP contribution < -0.4 is 4.74 Å². The Morgan fingerprint density at radius 1 is 1.00 bits per heavy atom. The molecule has 0 aliphatic carbocycles. The van der Waals surface area contributed by atoms with Crippen molar-refractivity contribution in [2.45, 2.75) is 12.8 Å². The molecule has 0 radical (unpaired) electrons. The molecular weight excluding hydrogens is 351 g/mol. The first-order valence-corrected chi connectivity index (χ1v) is 8.48. The zero-order chi connectivity index (χ0) is 18.7. The molecule has 0 aromatic heterocycles. The summed E-state index contributed by atoms with van der Waals surface area (Å²) in [6.07, 6.45) is 0. The van der Waals surface area contributed by atoms with E-state index >= 15 is 0 Å². The number of hydrogen-bond acceptors (Lipinski definition) is 4. The Balaban J connectivity index is 1.76. The van der Waals surface area contributed by atoms with Crippen molar-refractivity contribution in [1.29, 1.82) is 0 Å². The van der Waals surface area contributed by atoms with E-state index in [1.54, 1.807) is 14.0 Å². The molecule has 0 spiro atoms. The number of carbonyl (C=O) groups is 1. The van der Waals surface area contributed by atoms with Gasteiger partial charge in [-0.2, -0.15) is 0 Å². The summed E-state index contributed by atoms with van der Waals surface area (Å²) in [5.74, 6) is -0.529. The zero-order valence-corrected chi connectivity index (χ0v) is 15.2. The van der Waals surface area contributed by atoms with Gasteiger partial charge in [0, 0.05) is 5.56 Å². The minimum atomic E-state index is -0.486. The minimum absolute atomic E-state index is 0.0346. The highest BCUT2D eigenvalue weighted by molar-refractivity contribution is 7.80. The molecular formula is C21H17FO3S. The maximum absolute atomic E-state index is 13.0. The summed E-state index contributed by atoms with van der Waals surface area (Å²) in [5.41, 5.74) is 1.32. The smallest absolute Gasteiger partial charge is 0.319 e. The highest BCUT2D eigenvalue weighted by Crippen LogP contribution is 2.26. The SMILES string of the molecule is COc1ccc2cc([C@H](C)C(=O)OC(=S)c3ccc(F)cc3)ccc2c1. The molecule has 1 atom stereocenters. The standard InChI is InChI=1S/C21H17FO3S/c1-13(20(23)25-21(26)14-5-8-18(22)9-6-14)15-3-4-17-12-19(24-2)10-7-16(17)11-15/h3-13H,1-2H3/t13-/m0/s1. The summed E-state index contributed by atoms with van der Waals surface area (Å²) >= 11 is 5.13. The second-order valence-electron chi connectivity index (χ2n) is 5.91. The van der Waals surface area contributed by atoms with Crippen LogP contribution >= 0.6 is 12.2 Å². The van der Waals surface area contributed by atoms with Crippen LogP contribution in [0, 0.1) is 5.82 Å². The molecule has 0 aliphatic heterocycles. The van der Waals surface area contributed by atoms with Gasteiger partial charge in [-0.15, -0.1) is 0 Å². The van der Waals surface area contributed by atoms with Crippen LogP contribution in [-0.4, -0.2) is 18.1 Å². The lowest BCUT2D eigenvalue weighted by Gasteiger charge is -2.13. The van der Waals surface area contributed by atoms with Gasteiger partial charge in [0.05, 0.1) is 13.0 Å². The van der Waals surface area contributed by atoms with Crippen molar-refractivity contribution in [3.8, 4) is 5.75 Å². The molecule has 132 valence electrons. The van der Waals surface area contributed by atoms with Gasteiger partial charge in [-0.3, -0.25) is 4.79 Å².